The van der Waals surface area contributed by atoms with Crippen LogP contribution in [0, 0.1) is 0 Å². The average molecular weight is 277 g/mol. The van der Waals surface area contributed by atoms with E-state index < -0.39 is 0 Å². The molecule has 2 aromatic rings. The molecule has 0 aliphatic rings. The fourth-order valence-corrected chi connectivity index (χ4v) is 2.81. The largest absolute Gasteiger partial charge is 0.497 e. The molecule has 0 amide bonds. The molecule has 0 radical (unpaired) electrons. The van der Waals surface area contributed by atoms with Crippen molar-refractivity contribution in [3.8, 4) is 5.75 Å². The van der Waals surface area contributed by atoms with E-state index in [1.165, 1.54) is 5.69 Å². The van der Waals surface area contributed by atoms with E-state index in [1.54, 1.807) is 18.9 Å². The Kier molecular flexibility index (Phi) is 4.37. The van der Waals surface area contributed by atoms with E-state index in [4.69, 9.17) is 10.5 Å². The third kappa shape index (κ3) is 3.23. The van der Waals surface area contributed by atoms with Crippen molar-refractivity contribution in [1.82, 2.24) is 9.78 Å². The van der Waals surface area contributed by atoms with E-state index >= 15 is 0 Å². The van der Waals surface area contributed by atoms with Crippen LogP contribution in [0.3, 0.4) is 0 Å². The van der Waals surface area contributed by atoms with Crippen LogP contribution in [0.4, 0.5) is 5.69 Å². The smallest absolute Gasteiger partial charge is 0.120 e. The van der Waals surface area contributed by atoms with Crippen LogP contribution >= 0.6 is 11.8 Å². The predicted octanol–water partition coefficient (Wildman–Crippen LogP) is 2.87. The highest BCUT2D eigenvalue weighted by Gasteiger charge is 2.07. The molecular formula is C14H19N3OS. The van der Waals surface area contributed by atoms with E-state index in [1.807, 2.05) is 29.9 Å². The van der Waals surface area contributed by atoms with Gasteiger partial charge in [0.1, 0.15) is 5.75 Å². The van der Waals surface area contributed by atoms with Gasteiger partial charge in [0.2, 0.25) is 0 Å². The highest BCUT2D eigenvalue weighted by Crippen LogP contribution is 2.31. The minimum atomic E-state index is 0.781. The molecular weight excluding hydrogens is 258 g/mol. The van der Waals surface area contributed by atoms with Gasteiger partial charge >= 0.3 is 0 Å². The lowest BCUT2D eigenvalue weighted by Crippen LogP contribution is -1.97. The number of nitrogens with two attached hydrogens (primary N) is 1. The standard InChI is InChI=1S/C14H19N3OS/c1-4-10-7-11(17(2)16-10)9-19-14-8-12(18-3)5-6-13(14)15/h5-8H,4,9,15H2,1-3H3. The third-order valence-electron chi connectivity index (χ3n) is 2.99. The molecule has 19 heavy (non-hydrogen) atoms. The van der Waals surface area contributed by atoms with E-state index in [2.05, 4.69) is 18.1 Å². The van der Waals surface area contributed by atoms with E-state index in [9.17, 15) is 0 Å². The summed E-state index contributed by atoms with van der Waals surface area (Å²) in [6.45, 7) is 2.11. The van der Waals surface area contributed by atoms with Crippen LogP contribution in [0.2, 0.25) is 0 Å². The molecule has 4 nitrogen and oxygen atoms in total. The van der Waals surface area contributed by atoms with Gasteiger partial charge in [-0.2, -0.15) is 5.10 Å². The van der Waals surface area contributed by atoms with Crippen LogP contribution in [-0.4, -0.2) is 16.9 Å². The SMILES string of the molecule is CCc1cc(CSc2cc(OC)ccc2N)n(C)n1. The molecule has 0 bridgehead atoms. The Morgan fingerprint density at radius 3 is 2.79 bits per heavy atom. The van der Waals surface area contributed by atoms with Gasteiger partial charge in [-0.15, -0.1) is 11.8 Å². The molecule has 1 aromatic carbocycles. The number of nitrogen functional groups attached to an aromatic ring is 1. The van der Waals surface area contributed by atoms with Crippen molar-refractivity contribution in [2.75, 3.05) is 12.8 Å². The van der Waals surface area contributed by atoms with E-state index in [0.717, 1.165) is 34.2 Å². The normalized spacial score (nSPS) is 10.7. The lowest BCUT2D eigenvalue weighted by molar-refractivity contribution is 0.414. The minimum Gasteiger partial charge on any atom is -0.497 e. The number of benzene rings is 1. The molecule has 0 saturated carbocycles. The molecule has 0 unspecified atom stereocenters. The van der Waals surface area contributed by atoms with Crippen LogP contribution in [0.25, 0.3) is 0 Å². The summed E-state index contributed by atoms with van der Waals surface area (Å²) in [6.07, 6.45) is 0.958. The Morgan fingerprint density at radius 1 is 1.37 bits per heavy atom. The molecule has 0 aliphatic heterocycles. The number of hydrogen-bond acceptors (Lipinski definition) is 4. The maximum atomic E-state index is 5.98. The topological polar surface area (TPSA) is 53.1 Å². The lowest BCUT2D eigenvalue weighted by atomic mass is 10.3. The second-order valence-corrected chi connectivity index (χ2v) is 5.31. The first-order chi connectivity index (χ1) is 9.13. The van der Waals surface area contributed by atoms with Crippen molar-refractivity contribution in [2.45, 2.75) is 24.0 Å². The second-order valence-electron chi connectivity index (χ2n) is 4.30. The molecule has 0 spiro atoms. The first kappa shape index (κ1) is 13.8. The molecule has 5 heteroatoms. The summed E-state index contributed by atoms with van der Waals surface area (Å²) >= 11 is 1.70. The first-order valence-corrected chi connectivity index (χ1v) is 7.20. The monoisotopic (exact) mass is 277 g/mol. The van der Waals surface area contributed by atoms with E-state index in [-0.39, 0.29) is 0 Å². The Bertz CT molecular complexity index is 566. The highest BCUT2D eigenvalue weighted by atomic mass is 32.2. The van der Waals surface area contributed by atoms with Crippen LogP contribution in [0.5, 0.6) is 5.75 Å². The van der Waals surface area contributed by atoms with E-state index in [0.29, 0.717) is 0 Å². The summed E-state index contributed by atoms with van der Waals surface area (Å²) in [4.78, 5) is 1.04. The van der Waals surface area contributed by atoms with Crippen LogP contribution in [0.1, 0.15) is 18.3 Å². The Labute approximate surface area is 117 Å². The van der Waals surface area contributed by atoms with Gasteiger partial charge in [0, 0.05) is 29.1 Å². The Hall–Kier alpha value is -1.62. The molecule has 2 rings (SSSR count). The number of rotatable bonds is 5. The molecule has 2 N–H and O–H groups in total. The van der Waals surface area contributed by atoms with Crippen molar-refractivity contribution >= 4 is 17.4 Å². The zero-order valence-electron chi connectivity index (χ0n) is 11.5. The van der Waals surface area contributed by atoms with Gasteiger partial charge in [-0.25, -0.2) is 0 Å². The number of thioether (sulfide) groups is 1. The van der Waals surface area contributed by atoms with Crippen molar-refractivity contribution in [3.63, 3.8) is 0 Å². The van der Waals surface area contributed by atoms with Crippen molar-refractivity contribution in [3.05, 3.63) is 35.7 Å². The van der Waals surface area contributed by atoms with Crippen molar-refractivity contribution < 1.29 is 4.74 Å². The minimum absolute atomic E-state index is 0.781. The number of anilines is 1. The van der Waals surface area contributed by atoms with Gasteiger partial charge in [-0.1, -0.05) is 6.92 Å². The Balaban J connectivity index is 2.11. The molecule has 0 aliphatic carbocycles. The summed E-state index contributed by atoms with van der Waals surface area (Å²) < 4.78 is 7.15. The second kappa shape index (κ2) is 6.02. The van der Waals surface area contributed by atoms with Crippen molar-refractivity contribution in [2.24, 2.45) is 7.05 Å². The summed E-state index contributed by atoms with van der Waals surface area (Å²) in [5, 5.41) is 4.44. The van der Waals surface area contributed by atoms with Gasteiger partial charge in [-0.3, -0.25) is 4.68 Å². The fraction of sp³-hybridized carbons (Fsp3) is 0.357. The number of methoxy groups -OCH3 is 1. The zero-order chi connectivity index (χ0) is 13.8. The van der Waals surface area contributed by atoms with Crippen molar-refractivity contribution in [1.29, 1.82) is 0 Å². The van der Waals surface area contributed by atoms with Gasteiger partial charge < -0.3 is 10.5 Å². The van der Waals surface area contributed by atoms with Gasteiger partial charge in [-0.05, 0) is 30.7 Å². The number of aryl methyl sites for hydroxylation is 2. The maximum absolute atomic E-state index is 5.98. The summed E-state index contributed by atoms with van der Waals surface area (Å²) in [6, 6.07) is 7.86. The number of hydrogen-bond donors (Lipinski definition) is 1. The predicted molar refractivity (Wildman–Crippen MR) is 79.6 cm³/mol. The van der Waals surface area contributed by atoms with Crippen LogP contribution in [0.15, 0.2) is 29.2 Å². The molecule has 1 aromatic heterocycles. The number of nitrogens with zero attached hydrogens (tertiary/aromatic N) is 2. The van der Waals surface area contributed by atoms with Crippen LogP contribution in [-0.2, 0) is 19.2 Å². The maximum Gasteiger partial charge on any atom is 0.120 e. The average Bonchev–Trinajstić information content (AvgIpc) is 2.78. The molecule has 102 valence electrons. The third-order valence-corrected chi connectivity index (χ3v) is 4.09. The zero-order valence-corrected chi connectivity index (χ0v) is 12.3. The lowest BCUT2D eigenvalue weighted by Gasteiger charge is -2.08. The summed E-state index contributed by atoms with van der Waals surface area (Å²) in [5.74, 6) is 1.68. The van der Waals surface area contributed by atoms with Gasteiger partial charge in [0.05, 0.1) is 12.8 Å². The van der Waals surface area contributed by atoms with Crippen LogP contribution < -0.4 is 10.5 Å². The highest BCUT2D eigenvalue weighted by molar-refractivity contribution is 7.98. The number of ether oxygens (including phenoxy) is 1. The van der Waals surface area contributed by atoms with Gasteiger partial charge in [0.15, 0.2) is 0 Å². The summed E-state index contributed by atoms with van der Waals surface area (Å²) in [7, 11) is 3.64. The first-order valence-electron chi connectivity index (χ1n) is 6.22. The fourth-order valence-electron chi connectivity index (χ4n) is 1.80. The Morgan fingerprint density at radius 2 is 2.16 bits per heavy atom. The molecule has 1 heterocycles. The molecule has 0 fully saturated rings. The summed E-state index contributed by atoms with van der Waals surface area (Å²) in [5.41, 5.74) is 9.08. The molecule has 0 saturated heterocycles. The number of aromatic nitrogens is 2. The molecule has 0 atom stereocenters. The van der Waals surface area contributed by atoms with Gasteiger partial charge in [0.25, 0.3) is 0 Å². The quantitative estimate of drug-likeness (QED) is 0.674.